The number of nitrogens with zero attached hydrogens (tertiary/aromatic N) is 1. The smallest absolute Gasteiger partial charge is 0.337 e. The fraction of sp³-hybridized carbons (Fsp3) is 0.111. The third-order valence-corrected chi connectivity index (χ3v) is 2.37. The van der Waals surface area contributed by atoms with Crippen LogP contribution in [-0.4, -0.2) is 16.2 Å². The summed E-state index contributed by atoms with van der Waals surface area (Å²) in [6.45, 7) is 1.77. The van der Waals surface area contributed by atoms with E-state index < -0.39 is 5.97 Å². The van der Waals surface area contributed by atoms with Gasteiger partial charge in [0.15, 0.2) is 5.58 Å². The van der Waals surface area contributed by atoms with Gasteiger partial charge in [0, 0.05) is 5.39 Å². The molecule has 0 saturated heterocycles. The van der Waals surface area contributed by atoms with E-state index in [-0.39, 0.29) is 10.6 Å². The van der Waals surface area contributed by atoms with Crippen LogP contribution in [0.1, 0.15) is 16.1 Å². The average molecular weight is 212 g/mol. The Morgan fingerprint density at radius 2 is 2.29 bits per heavy atom. The lowest BCUT2D eigenvalue weighted by atomic mass is 10.1. The first-order chi connectivity index (χ1) is 6.61. The highest BCUT2D eigenvalue weighted by atomic mass is 35.5. The maximum absolute atomic E-state index is 10.7. The number of aromatic carboxylic acids is 1. The molecule has 1 N–H and O–H groups in total. The standard InChI is InChI=1S/C9H6ClNO3/c1-4-5-2-3-6(9(12)13)7(10)8(5)14-11-4/h2-3H,1H3,(H,12,13). The predicted molar refractivity (Wildman–Crippen MR) is 50.7 cm³/mol. The summed E-state index contributed by atoms with van der Waals surface area (Å²) in [5, 5.41) is 13.3. The molecular formula is C9H6ClNO3. The number of rotatable bonds is 1. The van der Waals surface area contributed by atoms with Gasteiger partial charge in [-0.1, -0.05) is 16.8 Å². The Morgan fingerprint density at radius 1 is 1.57 bits per heavy atom. The van der Waals surface area contributed by atoms with E-state index in [1.165, 1.54) is 6.07 Å². The fourth-order valence-corrected chi connectivity index (χ4v) is 1.54. The van der Waals surface area contributed by atoms with E-state index in [1.54, 1.807) is 13.0 Å². The zero-order valence-electron chi connectivity index (χ0n) is 7.24. The fourth-order valence-electron chi connectivity index (χ4n) is 1.26. The summed E-state index contributed by atoms with van der Waals surface area (Å²) in [6, 6.07) is 3.08. The third-order valence-electron chi connectivity index (χ3n) is 1.99. The Hall–Kier alpha value is -1.55. The van der Waals surface area contributed by atoms with E-state index in [0.29, 0.717) is 11.3 Å². The molecule has 5 heteroatoms. The van der Waals surface area contributed by atoms with Crippen LogP contribution in [0.15, 0.2) is 16.7 Å². The number of fused-ring (bicyclic) bond motifs is 1. The topological polar surface area (TPSA) is 63.3 Å². The van der Waals surface area contributed by atoms with Crippen LogP contribution >= 0.6 is 11.6 Å². The quantitative estimate of drug-likeness (QED) is 0.787. The van der Waals surface area contributed by atoms with Crippen LogP contribution in [0.25, 0.3) is 11.0 Å². The van der Waals surface area contributed by atoms with Crippen molar-refractivity contribution >= 4 is 28.5 Å². The summed E-state index contributed by atoms with van der Waals surface area (Å²) < 4.78 is 4.92. The molecule has 0 saturated carbocycles. The first kappa shape index (κ1) is 9.02. The van der Waals surface area contributed by atoms with Crippen molar-refractivity contribution in [1.82, 2.24) is 5.16 Å². The number of halogens is 1. The maximum Gasteiger partial charge on any atom is 0.337 e. The van der Waals surface area contributed by atoms with Crippen LogP contribution in [0, 0.1) is 6.92 Å². The zero-order valence-corrected chi connectivity index (χ0v) is 8.00. The Bertz CT molecular complexity index is 518. The third kappa shape index (κ3) is 1.15. The predicted octanol–water partition coefficient (Wildman–Crippen LogP) is 2.49. The van der Waals surface area contributed by atoms with E-state index in [2.05, 4.69) is 5.16 Å². The Morgan fingerprint density at radius 3 is 2.93 bits per heavy atom. The van der Waals surface area contributed by atoms with E-state index >= 15 is 0 Å². The first-order valence-corrected chi connectivity index (χ1v) is 4.27. The summed E-state index contributed by atoms with van der Waals surface area (Å²) in [5.74, 6) is -1.08. The Kier molecular flexibility index (Phi) is 1.93. The van der Waals surface area contributed by atoms with Gasteiger partial charge in [0.25, 0.3) is 0 Å². The van der Waals surface area contributed by atoms with Gasteiger partial charge < -0.3 is 9.63 Å². The molecule has 0 aliphatic heterocycles. The molecule has 0 spiro atoms. The van der Waals surface area contributed by atoms with Crippen molar-refractivity contribution in [3.05, 3.63) is 28.4 Å². The molecule has 0 amide bonds. The highest BCUT2D eigenvalue weighted by Gasteiger charge is 2.15. The molecule has 0 radical (unpaired) electrons. The van der Waals surface area contributed by atoms with E-state index in [1.807, 2.05) is 0 Å². The number of benzene rings is 1. The zero-order chi connectivity index (χ0) is 10.3. The first-order valence-electron chi connectivity index (χ1n) is 3.89. The molecule has 1 aromatic heterocycles. The largest absolute Gasteiger partial charge is 0.478 e. The molecule has 4 nitrogen and oxygen atoms in total. The number of aryl methyl sites for hydroxylation is 1. The van der Waals surface area contributed by atoms with Gasteiger partial charge >= 0.3 is 5.97 Å². The number of carboxylic acids is 1. The second-order valence-electron chi connectivity index (χ2n) is 2.88. The lowest BCUT2D eigenvalue weighted by Gasteiger charge is -1.97. The van der Waals surface area contributed by atoms with E-state index in [0.717, 1.165) is 5.39 Å². The number of carboxylic acid groups (broad SMARTS) is 1. The van der Waals surface area contributed by atoms with Crippen molar-refractivity contribution in [2.24, 2.45) is 0 Å². The van der Waals surface area contributed by atoms with E-state index in [4.69, 9.17) is 21.2 Å². The summed E-state index contributed by atoms with van der Waals surface area (Å²) >= 11 is 5.84. The van der Waals surface area contributed by atoms with Crippen molar-refractivity contribution in [3.8, 4) is 0 Å². The molecule has 2 aromatic rings. The Balaban J connectivity index is 2.82. The van der Waals surface area contributed by atoms with Gasteiger partial charge in [0.1, 0.15) is 5.02 Å². The number of aromatic nitrogens is 1. The SMILES string of the molecule is Cc1noc2c(Cl)c(C(=O)O)ccc12. The van der Waals surface area contributed by atoms with Crippen LogP contribution in [0.5, 0.6) is 0 Å². The minimum atomic E-state index is -1.08. The van der Waals surface area contributed by atoms with Gasteiger partial charge in [-0.15, -0.1) is 0 Å². The van der Waals surface area contributed by atoms with Crippen molar-refractivity contribution in [1.29, 1.82) is 0 Å². The normalized spacial score (nSPS) is 10.7. The number of hydrogen-bond acceptors (Lipinski definition) is 3. The van der Waals surface area contributed by atoms with Crippen molar-refractivity contribution < 1.29 is 14.4 Å². The molecule has 0 aliphatic carbocycles. The van der Waals surface area contributed by atoms with E-state index in [9.17, 15) is 4.79 Å². The van der Waals surface area contributed by atoms with Gasteiger partial charge in [-0.3, -0.25) is 0 Å². The summed E-state index contributed by atoms with van der Waals surface area (Å²) in [4.78, 5) is 10.7. The molecule has 0 aliphatic rings. The molecular weight excluding hydrogens is 206 g/mol. The maximum atomic E-state index is 10.7. The van der Waals surface area contributed by atoms with Gasteiger partial charge in [-0.2, -0.15) is 0 Å². The molecule has 0 atom stereocenters. The van der Waals surface area contributed by atoms with Crippen LogP contribution in [0.2, 0.25) is 5.02 Å². The van der Waals surface area contributed by atoms with Gasteiger partial charge in [-0.05, 0) is 19.1 Å². The summed E-state index contributed by atoms with van der Waals surface area (Å²) in [6.07, 6.45) is 0. The Labute approximate surface area is 84.1 Å². The number of hydrogen-bond donors (Lipinski definition) is 1. The second-order valence-corrected chi connectivity index (χ2v) is 3.25. The lowest BCUT2D eigenvalue weighted by Crippen LogP contribution is -1.96. The average Bonchev–Trinajstić information content (AvgIpc) is 2.49. The minimum Gasteiger partial charge on any atom is -0.478 e. The van der Waals surface area contributed by atoms with Crippen LogP contribution in [-0.2, 0) is 0 Å². The molecule has 14 heavy (non-hydrogen) atoms. The van der Waals surface area contributed by atoms with Crippen molar-refractivity contribution in [2.45, 2.75) is 6.92 Å². The minimum absolute atomic E-state index is 0.0234. The lowest BCUT2D eigenvalue weighted by molar-refractivity contribution is 0.0697. The molecule has 1 heterocycles. The molecule has 0 fully saturated rings. The summed E-state index contributed by atoms with van der Waals surface area (Å²) in [7, 11) is 0. The van der Waals surface area contributed by atoms with Crippen LogP contribution in [0.3, 0.4) is 0 Å². The monoisotopic (exact) mass is 211 g/mol. The van der Waals surface area contributed by atoms with Gasteiger partial charge in [-0.25, -0.2) is 4.79 Å². The van der Waals surface area contributed by atoms with Crippen molar-refractivity contribution in [2.75, 3.05) is 0 Å². The highest BCUT2D eigenvalue weighted by Crippen LogP contribution is 2.28. The molecule has 72 valence electrons. The molecule has 0 bridgehead atoms. The second kappa shape index (κ2) is 2.99. The van der Waals surface area contributed by atoms with Gasteiger partial charge in [0.2, 0.25) is 0 Å². The summed E-state index contributed by atoms with van der Waals surface area (Å²) in [5.41, 5.74) is 1.04. The number of carbonyl (C=O) groups is 1. The van der Waals surface area contributed by atoms with Crippen molar-refractivity contribution in [3.63, 3.8) is 0 Å². The molecule has 1 aromatic carbocycles. The highest BCUT2D eigenvalue weighted by molar-refractivity contribution is 6.37. The van der Waals surface area contributed by atoms with Crippen LogP contribution < -0.4 is 0 Å². The molecule has 2 rings (SSSR count). The molecule has 0 unspecified atom stereocenters. The van der Waals surface area contributed by atoms with Gasteiger partial charge in [0.05, 0.1) is 11.3 Å². The van der Waals surface area contributed by atoms with Crippen LogP contribution in [0.4, 0.5) is 0 Å².